The molecule has 0 aliphatic carbocycles. The van der Waals surface area contributed by atoms with Crippen LogP contribution in [-0.2, 0) is 6.61 Å². The van der Waals surface area contributed by atoms with Crippen molar-refractivity contribution in [1.82, 2.24) is 10.5 Å². The maximum Gasteiger partial charge on any atom is 0.415 e. The first-order valence-electron chi connectivity index (χ1n) is 3.95. The molecule has 0 spiro atoms. The van der Waals surface area contributed by atoms with E-state index < -0.39 is 18.6 Å². The van der Waals surface area contributed by atoms with Crippen LogP contribution in [0.25, 0.3) is 0 Å². The number of nitrogens with one attached hydrogen (secondary N) is 1. The number of aliphatic hydroxyl groups is 2. The second-order valence-electron chi connectivity index (χ2n) is 2.38. The van der Waals surface area contributed by atoms with E-state index in [9.17, 15) is 10.0 Å². The highest BCUT2D eigenvalue weighted by Crippen LogP contribution is 2.09. The normalized spacial score (nSPS) is 10.0. The monoisotopic (exact) mass is 219 g/mol. The van der Waals surface area contributed by atoms with Crippen molar-refractivity contribution < 1.29 is 29.3 Å². The van der Waals surface area contributed by atoms with Crippen LogP contribution in [0.2, 0.25) is 0 Å². The molecule has 15 heavy (non-hydrogen) atoms. The molecule has 0 fully saturated rings. The quantitative estimate of drug-likeness (QED) is 0.493. The maximum atomic E-state index is 10.9. The van der Waals surface area contributed by atoms with Gasteiger partial charge in [0.05, 0.1) is 6.61 Å². The predicted octanol–water partition coefficient (Wildman–Crippen LogP) is -2.12. The summed E-state index contributed by atoms with van der Waals surface area (Å²) in [5.41, 5.74) is -0.191. The van der Waals surface area contributed by atoms with Crippen molar-refractivity contribution in [2.75, 3.05) is 13.2 Å². The summed E-state index contributed by atoms with van der Waals surface area (Å²) in [5, 5.41) is 33.2. The fraction of sp³-hybridized carbons (Fsp3) is 0.500. The molecule has 1 aromatic heterocycles. The Morgan fingerprint density at radius 2 is 2.40 bits per heavy atom. The predicted molar refractivity (Wildman–Crippen MR) is 42.5 cm³/mol. The number of carbonyl (C=O) groups excluding carboxylic acids is 1. The van der Waals surface area contributed by atoms with Gasteiger partial charge in [0, 0.05) is 11.7 Å². The number of amides is 1. The molecule has 1 heterocycles. The van der Waals surface area contributed by atoms with E-state index in [4.69, 9.17) is 10.2 Å². The lowest BCUT2D eigenvalue weighted by molar-refractivity contribution is -0.804. The van der Waals surface area contributed by atoms with Gasteiger partial charge in [0.1, 0.15) is 6.61 Å². The van der Waals surface area contributed by atoms with Crippen LogP contribution in [0.4, 0.5) is 4.79 Å². The second kappa shape index (κ2) is 5.12. The molecular weight excluding hydrogens is 210 g/mol. The van der Waals surface area contributed by atoms with Gasteiger partial charge in [0.25, 0.3) is 5.69 Å². The molecule has 3 N–H and O–H groups in total. The van der Waals surface area contributed by atoms with Crippen LogP contribution in [0.15, 0.2) is 4.63 Å². The van der Waals surface area contributed by atoms with Gasteiger partial charge in [-0.15, -0.1) is 0 Å². The Bertz CT molecular complexity index is 338. The van der Waals surface area contributed by atoms with Crippen molar-refractivity contribution in [3.8, 4) is 5.88 Å². The molecular formula is C6H9N3O6. The Labute approximate surface area is 83.4 Å². The minimum Gasteiger partial charge on any atom is -0.395 e. The van der Waals surface area contributed by atoms with E-state index in [1.165, 1.54) is 0 Å². The molecule has 0 radical (unpaired) electrons. The molecule has 9 nitrogen and oxygen atoms in total. The molecule has 0 aliphatic rings. The zero-order valence-electron chi connectivity index (χ0n) is 7.54. The van der Waals surface area contributed by atoms with Gasteiger partial charge in [-0.2, -0.15) is 0 Å². The van der Waals surface area contributed by atoms with Crippen LogP contribution in [0, 0.1) is 5.21 Å². The van der Waals surface area contributed by atoms with Crippen molar-refractivity contribution in [3.63, 3.8) is 0 Å². The van der Waals surface area contributed by atoms with Gasteiger partial charge in [0.2, 0.25) is 0 Å². The highest BCUT2D eigenvalue weighted by molar-refractivity contribution is 5.69. The summed E-state index contributed by atoms with van der Waals surface area (Å²) < 4.78 is 8.57. The fourth-order valence-electron chi connectivity index (χ4n) is 0.742. The Hall–Kier alpha value is -1.87. The summed E-state index contributed by atoms with van der Waals surface area (Å²) in [6.07, 6.45) is -0.952. The highest BCUT2D eigenvalue weighted by atomic mass is 16.8. The number of ether oxygens (including phenoxy) is 1. The van der Waals surface area contributed by atoms with E-state index in [0.29, 0.717) is 0 Å². The molecule has 0 saturated carbocycles. The van der Waals surface area contributed by atoms with E-state index in [0.717, 1.165) is 0 Å². The van der Waals surface area contributed by atoms with Crippen LogP contribution in [-0.4, -0.2) is 34.6 Å². The molecule has 0 aromatic carbocycles. The van der Waals surface area contributed by atoms with Crippen molar-refractivity contribution in [2.24, 2.45) is 0 Å². The van der Waals surface area contributed by atoms with Gasteiger partial charge in [-0.3, -0.25) is 4.63 Å². The topological polar surface area (TPSA) is 132 Å². The van der Waals surface area contributed by atoms with Gasteiger partial charge in [-0.05, 0) is 4.90 Å². The first kappa shape index (κ1) is 11.2. The van der Waals surface area contributed by atoms with E-state index >= 15 is 0 Å². The molecule has 0 aliphatic heterocycles. The van der Waals surface area contributed by atoms with E-state index in [1.54, 1.807) is 0 Å². The number of aromatic nitrogens is 2. The van der Waals surface area contributed by atoms with Gasteiger partial charge in [0.15, 0.2) is 0 Å². The van der Waals surface area contributed by atoms with E-state index in [2.05, 4.69) is 19.8 Å². The molecule has 1 rings (SSSR count). The molecule has 1 aromatic rings. The van der Waals surface area contributed by atoms with Crippen LogP contribution >= 0.6 is 0 Å². The molecule has 0 atom stereocenters. The Morgan fingerprint density at radius 3 is 3.00 bits per heavy atom. The summed E-state index contributed by atoms with van der Waals surface area (Å²) >= 11 is 0. The zero-order chi connectivity index (χ0) is 11.3. The first-order chi connectivity index (χ1) is 7.19. The number of aliphatic hydroxyl groups excluding tert-OH is 2. The third kappa shape index (κ3) is 2.79. The first-order valence-corrected chi connectivity index (χ1v) is 3.95. The summed E-state index contributed by atoms with van der Waals surface area (Å²) in [6.45, 7) is -0.873. The molecule has 0 unspecified atom stereocenters. The lowest BCUT2D eigenvalue weighted by Crippen LogP contribution is -2.34. The standard InChI is InChI=1S/C6H9N3O6/c10-2-1-7-6(12)14-5-4(3-11)8-15-9(5)13/h10-11H,1-3H2,(H,7,12). The third-order valence-electron chi connectivity index (χ3n) is 1.36. The Balaban J connectivity index is 2.62. The molecule has 9 heteroatoms. The maximum absolute atomic E-state index is 10.9. The van der Waals surface area contributed by atoms with Crippen LogP contribution < -0.4 is 15.0 Å². The van der Waals surface area contributed by atoms with Gasteiger partial charge >= 0.3 is 12.0 Å². The smallest absolute Gasteiger partial charge is 0.395 e. The van der Waals surface area contributed by atoms with Crippen molar-refractivity contribution in [3.05, 3.63) is 10.9 Å². The molecule has 0 bridgehead atoms. The van der Waals surface area contributed by atoms with Gasteiger partial charge < -0.3 is 25.5 Å². The molecule has 84 valence electrons. The molecule has 0 saturated heterocycles. The SMILES string of the molecule is O=C(NCCO)Oc1c(CO)no[n+]1[O-]. The number of rotatable bonds is 4. The average Bonchev–Trinajstić information content (AvgIpc) is 2.57. The summed E-state index contributed by atoms with van der Waals surface area (Å²) in [6, 6.07) is 0. The van der Waals surface area contributed by atoms with E-state index in [-0.39, 0.29) is 23.7 Å². The largest absolute Gasteiger partial charge is 0.415 e. The minimum atomic E-state index is -0.952. The summed E-state index contributed by atoms with van der Waals surface area (Å²) in [7, 11) is 0. The number of hydrogen-bond donors (Lipinski definition) is 3. The zero-order valence-corrected chi connectivity index (χ0v) is 7.54. The second-order valence-corrected chi connectivity index (χ2v) is 2.38. The minimum absolute atomic E-state index is 0.0164. The average molecular weight is 219 g/mol. The fourth-order valence-corrected chi connectivity index (χ4v) is 0.742. The van der Waals surface area contributed by atoms with Crippen LogP contribution in [0.1, 0.15) is 5.69 Å². The molecule has 1 amide bonds. The highest BCUT2D eigenvalue weighted by Gasteiger charge is 2.22. The number of hydrogen-bond acceptors (Lipinski definition) is 7. The van der Waals surface area contributed by atoms with Crippen LogP contribution in [0.5, 0.6) is 5.88 Å². The van der Waals surface area contributed by atoms with Gasteiger partial charge in [-0.25, -0.2) is 4.79 Å². The number of carbonyl (C=O) groups is 1. The lowest BCUT2D eigenvalue weighted by atomic mass is 10.5. The third-order valence-corrected chi connectivity index (χ3v) is 1.36. The number of nitrogens with zero attached hydrogens (tertiary/aromatic N) is 2. The Kier molecular flexibility index (Phi) is 3.83. The van der Waals surface area contributed by atoms with Crippen molar-refractivity contribution in [2.45, 2.75) is 6.61 Å². The van der Waals surface area contributed by atoms with Gasteiger partial charge in [-0.1, -0.05) is 0 Å². The van der Waals surface area contributed by atoms with Crippen molar-refractivity contribution >= 4 is 6.09 Å². The summed E-state index contributed by atoms with van der Waals surface area (Å²) in [4.78, 5) is 10.8. The van der Waals surface area contributed by atoms with Crippen LogP contribution in [0.3, 0.4) is 0 Å². The van der Waals surface area contributed by atoms with E-state index in [1.807, 2.05) is 0 Å². The summed E-state index contributed by atoms with van der Waals surface area (Å²) in [5.74, 6) is -0.534. The Morgan fingerprint density at radius 1 is 1.67 bits per heavy atom. The van der Waals surface area contributed by atoms with Crippen molar-refractivity contribution in [1.29, 1.82) is 0 Å². The lowest BCUT2D eigenvalue weighted by Gasteiger charge is -2.01.